The van der Waals surface area contributed by atoms with Crippen molar-refractivity contribution in [1.82, 2.24) is 15.3 Å². The Kier molecular flexibility index (Phi) is 6.10. The van der Waals surface area contributed by atoms with E-state index in [1.807, 2.05) is 0 Å². The first-order valence-corrected chi connectivity index (χ1v) is 5.59. The molecule has 1 amide bonds. The molecule has 3 N–H and O–H groups in total. The summed E-state index contributed by atoms with van der Waals surface area (Å²) in [5, 5.41) is 2.80. The first-order chi connectivity index (χ1) is 7.84. The normalized spacial score (nSPS) is 10.1. The zero-order valence-corrected chi connectivity index (χ0v) is 9.35. The van der Waals surface area contributed by atoms with Crippen LogP contribution < -0.4 is 11.1 Å². The van der Waals surface area contributed by atoms with Crippen LogP contribution >= 0.6 is 0 Å². The van der Waals surface area contributed by atoms with Crippen molar-refractivity contribution in [3.8, 4) is 0 Å². The van der Waals surface area contributed by atoms with Crippen molar-refractivity contribution in [3.05, 3.63) is 24.3 Å². The van der Waals surface area contributed by atoms with Gasteiger partial charge in [0.1, 0.15) is 5.69 Å². The Morgan fingerprint density at radius 2 is 2.06 bits per heavy atom. The van der Waals surface area contributed by atoms with E-state index >= 15 is 0 Å². The summed E-state index contributed by atoms with van der Waals surface area (Å²) in [4.78, 5) is 19.3. The van der Waals surface area contributed by atoms with Gasteiger partial charge in [-0.3, -0.25) is 9.78 Å². The first-order valence-electron chi connectivity index (χ1n) is 5.59. The van der Waals surface area contributed by atoms with Gasteiger partial charge in [-0.2, -0.15) is 0 Å². The number of nitrogens with one attached hydrogen (secondary N) is 1. The molecule has 0 saturated heterocycles. The van der Waals surface area contributed by atoms with Crippen LogP contribution in [0.25, 0.3) is 0 Å². The van der Waals surface area contributed by atoms with Gasteiger partial charge < -0.3 is 11.1 Å². The summed E-state index contributed by atoms with van der Waals surface area (Å²) >= 11 is 0. The molecule has 0 bridgehead atoms. The minimum atomic E-state index is -0.160. The van der Waals surface area contributed by atoms with Gasteiger partial charge in [0.2, 0.25) is 0 Å². The van der Waals surface area contributed by atoms with Crippen molar-refractivity contribution in [2.75, 3.05) is 13.1 Å². The van der Waals surface area contributed by atoms with Crippen molar-refractivity contribution < 1.29 is 4.79 Å². The Balaban J connectivity index is 2.12. The lowest BCUT2D eigenvalue weighted by atomic mass is 10.2. The summed E-state index contributed by atoms with van der Waals surface area (Å²) in [6.45, 7) is 1.42. The first kappa shape index (κ1) is 12.6. The molecule has 1 aromatic heterocycles. The fraction of sp³-hybridized carbons (Fsp3) is 0.545. The van der Waals surface area contributed by atoms with Crippen LogP contribution in [0.1, 0.15) is 36.2 Å². The molecule has 0 aliphatic rings. The summed E-state index contributed by atoms with van der Waals surface area (Å²) in [7, 11) is 0. The van der Waals surface area contributed by atoms with Crippen molar-refractivity contribution >= 4 is 5.91 Å². The number of carbonyl (C=O) groups excluding carboxylic acids is 1. The third-order valence-electron chi connectivity index (χ3n) is 2.21. The lowest BCUT2D eigenvalue weighted by Crippen LogP contribution is -2.25. The van der Waals surface area contributed by atoms with Gasteiger partial charge >= 0.3 is 0 Å². The monoisotopic (exact) mass is 222 g/mol. The molecule has 0 aromatic carbocycles. The van der Waals surface area contributed by atoms with Crippen molar-refractivity contribution in [2.45, 2.75) is 25.7 Å². The molecule has 0 fully saturated rings. The van der Waals surface area contributed by atoms with Crippen LogP contribution in [0.4, 0.5) is 0 Å². The number of unbranched alkanes of at least 4 members (excludes halogenated alkanes) is 3. The predicted molar refractivity (Wildman–Crippen MR) is 61.9 cm³/mol. The molecular formula is C11H18N4O. The van der Waals surface area contributed by atoms with Crippen molar-refractivity contribution in [3.63, 3.8) is 0 Å². The van der Waals surface area contributed by atoms with E-state index in [0.717, 1.165) is 32.2 Å². The highest BCUT2D eigenvalue weighted by Crippen LogP contribution is 1.97. The van der Waals surface area contributed by atoms with Crippen LogP contribution in [0.3, 0.4) is 0 Å². The van der Waals surface area contributed by atoms with Gasteiger partial charge in [-0.25, -0.2) is 4.98 Å². The van der Waals surface area contributed by atoms with Crippen LogP contribution in [0.2, 0.25) is 0 Å². The van der Waals surface area contributed by atoms with Crippen LogP contribution in [0, 0.1) is 0 Å². The maximum absolute atomic E-state index is 11.5. The van der Waals surface area contributed by atoms with Crippen molar-refractivity contribution in [1.29, 1.82) is 0 Å². The van der Waals surface area contributed by atoms with E-state index in [-0.39, 0.29) is 5.91 Å². The average molecular weight is 222 g/mol. The lowest BCUT2D eigenvalue weighted by molar-refractivity contribution is 0.0947. The minimum absolute atomic E-state index is 0.160. The maximum Gasteiger partial charge on any atom is 0.271 e. The molecule has 16 heavy (non-hydrogen) atoms. The van der Waals surface area contributed by atoms with E-state index in [2.05, 4.69) is 15.3 Å². The Morgan fingerprint density at radius 3 is 2.75 bits per heavy atom. The lowest BCUT2D eigenvalue weighted by Gasteiger charge is -2.03. The number of nitrogens with zero attached hydrogens (tertiary/aromatic N) is 2. The van der Waals surface area contributed by atoms with Gasteiger partial charge in [0.15, 0.2) is 0 Å². The topological polar surface area (TPSA) is 80.9 Å². The fourth-order valence-corrected chi connectivity index (χ4v) is 1.33. The van der Waals surface area contributed by atoms with Gasteiger partial charge in [0, 0.05) is 18.9 Å². The smallest absolute Gasteiger partial charge is 0.271 e. The third kappa shape index (κ3) is 4.84. The third-order valence-corrected chi connectivity index (χ3v) is 2.21. The highest BCUT2D eigenvalue weighted by molar-refractivity contribution is 5.91. The molecule has 1 heterocycles. The van der Waals surface area contributed by atoms with Crippen molar-refractivity contribution in [2.24, 2.45) is 5.73 Å². The Morgan fingerprint density at radius 1 is 1.25 bits per heavy atom. The van der Waals surface area contributed by atoms with E-state index < -0.39 is 0 Å². The summed E-state index contributed by atoms with van der Waals surface area (Å²) in [6, 6.07) is 0. The quantitative estimate of drug-likeness (QED) is 0.666. The second-order valence-electron chi connectivity index (χ2n) is 3.55. The molecule has 0 saturated carbocycles. The standard InChI is InChI=1S/C11H18N4O/c12-5-3-1-2-4-6-15-11(16)10-9-13-7-8-14-10/h7-9H,1-6,12H2,(H,15,16). The largest absolute Gasteiger partial charge is 0.351 e. The number of aromatic nitrogens is 2. The van der Waals surface area contributed by atoms with E-state index in [4.69, 9.17) is 5.73 Å². The van der Waals surface area contributed by atoms with Crippen LogP contribution in [0.15, 0.2) is 18.6 Å². The molecule has 1 rings (SSSR count). The molecule has 0 radical (unpaired) electrons. The van der Waals surface area contributed by atoms with Crippen LogP contribution in [-0.4, -0.2) is 29.0 Å². The zero-order valence-electron chi connectivity index (χ0n) is 9.35. The molecule has 5 nitrogen and oxygen atoms in total. The SMILES string of the molecule is NCCCCCCNC(=O)c1cnccn1. The second-order valence-corrected chi connectivity index (χ2v) is 3.55. The molecule has 5 heteroatoms. The summed E-state index contributed by atoms with van der Waals surface area (Å²) < 4.78 is 0. The summed E-state index contributed by atoms with van der Waals surface area (Å²) in [5.41, 5.74) is 5.75. The zero-order chi connectivity index (χ0) is 11.6. The summed E-state index contributed by atoms with van der Waals surface area (Å²) in [6.07, 6.45) is 8.77. The van der Waals surface area contributed by atoms with Gasteiger partial charge in [0.25, 0.3) is 5.91 Å². The number of amides is 1. The average Bonchev–Trinajstić information content (AvgIpc) is 2.34. The number of hydrogen-bond acceptors (Lipinski definition) is 4. The van der Waals surface area contributed by atoms with E-state index in [9.17, 15) is 4.79 Å². The molecule has 0 atom stereocenters. The summed E-state index contributed by atoms with van der Waals surface area (Å²) in [5.74, 6) is -0.160. The Bertz CT molecular complexity index is 302. The highest BCUT2D eigenvalue weighted by Gasteiger charge is 2.04. The number of carbonyl (C=O) groups is 1. The van der Waals surface area contributed by atoms with Gasteiger partial charge in [0.05, 0.1) is 6.20 Å². The van der Waals surface area contributed by atoms with E-state index in [1.165, 1.54) is 12.4 Å². The molecule has 0 spiro atoms. The molecule has 88 valence electrons. The minimum Gasteiger partial charge on any atom is -0.351 e. The molecule has 1 aromatic rings. The number of hydrogen-bond donors (Lipinski definition) is 2. The number of rotatable bonds is 7. The Hall–Kier alpha value is -1.49. The Labute approximate surface area is 95.5 Å². The number of nitrogens with two attached hydrogens (primary N) is 1. The fourth-order valence-electron chi connectivity index (χ4n) is 1.33. The molecule has 0 aliphatic carbocycles. The maximum atomic E-state index is 11.5. The second kappa shape index (κ2) is 7.76. The molecule has 0 aliphatic heterocycles. The van der Waals surface area contributed by atoms with E-state index in [1.54, 1.807) is 6.20 Å². The van der Waals surface area contributed by atoms with Gasteiger partial charge in [-0.15, -0.1) is 0 Å². The highest BCUT2D eigenvalue weighted by atomic mass is 16.1. The van der Waals surface area contributed by atoms with Crippen LogP contribution in [-0.2, 0) is 0 Å². The van der Waals surface area contributed by atoms with E-state index in [0.29, 0.717) is 12.2 Å². The predicted octanol–water partition coefficient (Wildman–Crippen LogP) is 0.725. The van der Waals surface area contributed by atoms with Gasteiger partial charge in [-0.05, 0) is 19.4 Å². The molecular weight excluding hydrogens is 204 g/mol. The van der Waals surface area contributed by atoms with Gasteiger partial charge in [-0.1, -0.05) is 12.8 Å². The molecule has 0 unspecified atom stereocenters. The van der Waals surface area contributed by atoms with Crippen LogP contribution in [0.5, 0.6) is 0 Å².